The Morgan fingerprint density at radius 2 is 1.70 bits per heavy atom. The second-order valence-corrected chi connectivity index (χ2v) is 7.62. The molecule has 0 saturated carbocycles. The van der Waals surface area contributed by atoms with Gasteiger partial charge >= 0.3 is 0 Å². The fourth-order valence-corrected chi connectivity index (χ4v) is 3.46. The van der Waals surface area contributed by atoms with Gasteiger partial charge < -0.3 is 15.1 Å². The molecular formula is C19H20Cl2N4OS. The zero-order chi connectivity index (χ0) is 19.4. The largest absolute Gasteiger partial charge is 0.368 e. The molecule has 1 heterocycles. The normalized spacial score (nSPS) is 14.7. The van der Waals surface area contributed by atoms with Gasteiger partial charge in [-0.15, -0.1) is 0 Å². The van der Waals surface area contributed by atoms with E-state index in [4.69, 9.17) is 35.4 Å². The third-order valence-corrected chi connectivity index (χ3v) is 5.14. The Morgan fingerprint density at radius 3 is 2.33 bits per heavy atom. The monoisotopic (exact) mass is 422 g/mol. The molecule has 0 atom stereocenters. The Morgan fingerprint density at radius 1 is 1.04 bits per heavy atom. The molecule has 0 unspecified atom stereocenters. The van der Waals surface area contributed by atoms with Crippen LogP contribution in [0.4, 0.5) is 11.4 Å². The fraction of sp³-hybridized carbons (Fsp3) is 0.263. The minimum absolute atomic E-state index is 0.207. The number of piperazine rings is 1. The van der Waals surface area contributed by atoms with Crippen LogP contribution in [0.5, 0.6) is 0 Å². The average molecular weight is 423 g/mol. The van der Waals surface area contributed by atoms with E-state index in [-0.39, 0.29) is 11.0 Å². The lowest BCUT2D eigenvalue weighted by Crippen LogP contribution is -2.44. The van der Waals surface area contributed by atoms with Crippen LogP contribution in [0.25, 0.3) is 0 Å². The van der Waals surface area contributed by atoms with Crippen LogP contribution in [-0.2, 0) is 0 Å². The lowest BCUT2D eigenvalue weighted by molar-refractivity contribution is 0.0978. The molecule has 142 valence electrons. The van der Waals surface area contributed by atoms with E-state index in [9.17, 15) is 4.79 Å². The molecule has 2 aromatic rings. The van der Waals surface area contributed by atoms with Crippen molar-refractivity contribution >= 4 is 57.8 Å². The molecule has 1 amide bonds. The summed E-state index contributed by atoms with van der Waals surface area (Å²) in [6, 6.07) is 12.3. The van der Waals surface area contributed by atoms with Crippen molar-refractivity contribution in [3.05, 3.63) is 58.1 Å². The first-order chi connectivity index (χ1) is 12.9. The number of nitrogens with one attached hydrogen (secondary N) is 2. The molecule has 1 saturated heterocycles. The maximum atomic E-state index is 12.2. The third-order valence-electron chi connectivity index (χ3n) is 4.38. The summed E-state index contributed by atoms with van der Waals surface area (Å²) in [5.74, 6) is -0.302. The van der Waals surface area contributed by atoms with Crippen molar-refractivity contribution in [1.82, 2.24) is 10.2 Å². The molecule has 0 bridgehead atoms. The molecule has 27 heavy (non-hydrogen) atoms. The van der Waals surface area contributed by atoms with Crippen molar-refractivity contribution in [2.45, 2.75) is 0 Å². The van der Waals surface area contributed by atoms with E-state index in [1.165, 1.54) is 0 Å². The first-order valence-corrected chi connectivity index (χ1v) is 9.70. The molecule has 3 rings (SSSR count). The second kappa shape index (κ2) is 8.89. The number of rotatable bonds is 3. The summed E-state index contributed by atoms with van der Waals surface area (Å²) in [6.45, 7) is 3.91. The number of carbonyl (C=O) groups excluding carboxylic acids is 1. The molecular weight excluding hydrogens is 403 g/mol. The summed E-state index contributed by atoms with van der Waals surface area (Å²) in [5.41, 5.74) is 2.21. The number of halogens is 2. The third kappa shape index (κ3) is 5.32. The van der Waals surface area contributed by atoms with Gasteiger partial charge in [-0.05, 0) is 61.7 Å². The van der Waals surface area contributed by atoms with Crippen LogP contribution >= 0.6 is 35.4 Å². The van der Waals surface area contributed by atoms with Gasteiger partial charge in [0.25, 0.3) is 5.91 Å². The smallest absolute Gasteiger partial charge is 0.257 e. The molecule has 0 aliphatic carbocycles. The van der Waals surface area contributed by atoms with Crippen LogP contribution < -0.4 is 15.5 Å². The maximum absolute atomic E-state index is 12.2. The molecule has 1 aliphatic rings. The topological polar surface area (TPSA) is 47.6 Å². The van der Waals surface area contributed by atoms with Gasteiger partial charge in [0.1, 0.15) is 0 Å². The Bertz CT molecular complexity index is 836. The van der Waals surface area contributed by atoms with Gasteiger partial charge in [-0.25, -0.2) is 0 Å². The molecule has 0 spiro atoms. The summed E-state index contributed by atoms with van der Waals surface area (Å²) in [5, 5.41) is 7.07. The highest BCUT2D eigenvalue weighted by Crippen LogP contribution is 2.29. The SMILES string of the molecule is CN1CCN(c2ccc(NC(=S)NC(=O)c3ccc(Cl)cc3)cc2Cl)CC1. The summed E-state index contributed by atoms with van der Waals surface area (Å²) in [6.07, 6.45) is 0. The van der Waals surface area contributed by atoms with E-state index in [1.54, 1.807) is 24.3 Å². The molecule has 5 nitrogen and oxygen atoms in total. The molecule has 0 radical (unpaired) electrons. The van der Waals surface area contributed by atoms with Crippen LogP contribution in [0.15, 0.2) is 42.5 Å². The van der Waals surface area contributed by atoms with E-state index in [2.05, 4.69) is 27.5 Å². The van der Waals surface area contributed by atoms with Crippen molar-refractivity contribution in [3.8, 4) is 0 Å². The predicted molar refractivity (Wildman–Crippen MR) is 116 cm³/mol. The van der Waals surface area contributed by atoms with E-state index in [0.29, 0.717) is 15.6 Å². The Hall–Kier alpha value is -1.86. The number of thiocarbonyl (C=S) groups is 1. The first-order valence-electron chi connectivity index (χ1n) is 8.53. The molecule has 1 aliphatic heterocycles. The lowest BCUT2D eigenvalue weighted by Gasteiger charge is -2.34. The van der Waals surface area contributed by atoms with Gasteiger partial charge in [-0.2, -0.15) is 0 Å². The lowest BCUT2D eigenvalue weighted by atomic mass is 10.2. The maximum Gasteiger partial charge on any atom is 0.257 e. The van der Waals surface area contributed by atoms with Crippen molar-refractivity contribution in [2.75, 3.05) is 43.4 Å². The zero-order valence-electron chi connectivity index (χ0n) is 14.8. The number of hydrogen-bond donors (Lipinski definition) is 2. The number of carbonyl (C=O) groups is 1. The molecule has 1 fully saturated rings. The highest BCUT2D eigenvalue weighted by Gasteiger charge is 2.17. The minimum atomic E-state index is -0.302. The number of likely N-dealkylation sites (N-methyl/N-ethyl adjacent to an activating group) is 1. The van der Waals surface area contributed by atoms with Gasteiger partial charge in [0, 0.05) is 42.5 Å². The average Bonchev–Trinajstić information content (AvgIpc) is 2.63. The number of hydrogen-bond acceptors (Lipinski definition) is 4. The minimum Gasteiger partial charge on any atom is -0.368 e. The molecule has 0 aromatic heterocycles. The quantitative estimate of drug-likeness (QED) is 0.735. The molecule has 8 heteroatoms. The van der Waals surface area contributed by atoms with Gasteiger partial charge in [0.15, 0.2) is 5.11 Å². The summed E-state index contributed by atoms with van der Waals surface area (Å²) in [7, 11) is 2.12. The molecule has 2 N–H and O–H groups in total. The number of anilines is 2. The van der Waals surface area contributed by atoms with Gasteiger partial charge in [0.05, 0.1) is 10.7 Å². The standard InChI is InChI=1S/C19H20Cl2N4OS/c1-24-8-10-25(11-9-24)17-7-6-15(12-16(17)21)22-19(27)23-18(26)13-2-4-14(20)5-3-13/h2-7,12H,8-11H2,1H3,(H2,22,23,26,27). The summed E-state index contributed by atoms with van der Waals surface area (Å²) < 4.78 is 0. The Kier molecular flexibility index (Phi) is 6.55. The molecule has 2 aromatic carbocycles. The van der Waals surface area contributed by atoms with Gasteiger partial charge in [-0.3, -0.25) is 10.1 Å². The Balaban J connectivity index is 1.60. The highest BCUT2D eigenvalue weighted by molar-refractivity contribution is 7.80. The van der Waals surface area contributed by atoms with Crippen LogP contribution in [0, 0.1) is 0 Å². The number of amides is 1. The predicted octanol–water partition coefficient (Wildman–Crippen LogP) is 3.87. The van der Waals surface area contributed by atoms with Crippen LogP contribution in [0.1, 0.15) is 10.4 Å². The number of benzene rings is 2. The second-order valence-electron chi connectivity index (χ2n) is 6.37. The summed E-state index contributed by atoms with van der Waals surface area (Å²) in [4.78, 5) is 16.8. The van der Waals surface area contributed by atoms with Crippen molar-refractivity contribution in [1.29, 1.82) is 0 Å². The van der Waals surface area contributed by atoms with Crippen LogP contribution in [-0.4, -0.2) is 49.1 Å². The van der Waals surface area contributed by atoms with Crippen molar-refractivity contribution < 1.29 is 4.79 Å². The van der Waals surface area contributed by atoms with Crippen LogP contribution in [0.3, 0.4) is 0 Å². The van der Waals surface area contributed by atoms with Gasteiger partial charge in [0.2, 0.25) is 0 Å². The van der Waals surface area contributed by atoms with E-state index >= 15 is 0 Å². The highest BCUT2D eigenvalue weighted by atomic mass is 35.5. The van der Waals surface area contributed by atoms with E-state index in [1.807, 2.05) is 18.2 Å². The fourth-order valence-electron chi connectivity index (χ4n) is 2.83. The van der Waals surface area contributed by atoms with E-state index in [0.717, 1.165) is 37.6 Å². The first kappa shape index (κ1) is 19.9. The van der Waals surface area contributed by atoms with Crippen LogP contribution in [0.2, 0.25) is 10.0 Å². The van der Waals surface area contributed by atoms with Crippen molar-refractivity contribution in [3.63, 3.8) is 0 Å². The van der Waals surface area contributed by atoms with E-state index < -0.39 is 0 Å². The zero-order valence-corrected chi connectivity index (χ0v) is 17.2. The van der Waals surface area contributed by atoms with Gasteiger partial charge in [-0.1, -0.05) is 23.2 Å². The van der Waals surface area contributed by atoms with Crippen molar-refractivity contribution in [2.24, 2.45) is 0 Å². The summed E-state index contributed by atoms with van der Waals surface area (Å²) >= 11 is 17.5. The number of nitrogens with zero attached hydrogens (tertiary/aromatic N) is 2. The Labute approximate surface area is 174 Å².